The van der Waals surface area contributed by atoms with Gasteiger partial charge >= 0.3 is 5.97 Å². The molecule has 0 heterocycles. The Balaban J connectivity index is 2.32. The SMILES string of the molecule is CC(OCCN(C)Cc1ccccc1Br)C(=O)O. The normalized spacial score (nSPS) is 12.7. The van der Waals surface area contributed by atoms with Crippen LogP contribution in [0.3, 0.4) is 0 Å². The van der Waals surface area contributed by atoms with Crippen molar-refractivity contribution in [2.45, 2.75) is 19.6 Å². The molecular weight excluding hydrogens is 298 g/mol. The number of carboxylic acid groups (broad SMARTS) is 1. The van der Waals surface area contributed by atoms with Gasteiger partial charge in [0.2, 0.25) is 0 Å². The van der Waals surface area contributed by atoms with Gasteiger partial charge in [0.15, 0.2) is 6.10 Å². The lowest BCUT2D eigenvalue weighted by Crippen LogP contribution is -2.27. The molecule has 1 rings (SSSR count). The molecule has 0 aromatic heterocycles. The van der Waals surface area contributed by atoms with Gasteiger partial charge in [-0.1, -0.05) is 34.1 Å². The summed E-state index contributed by atoms with van der Waals surface area (Å²) in [5.74, 6) is -0.927. The van der Waals surface area contributed by atoms with Crippen LogP contribution in [0.4, 0.5) is 0 Å². The van der Waals surface area contributed by atoms with Crippen molar-refractivity contribution in [3.8, 4) is 0 Å². The van der Waals surface area contributed by atoms with Gasteiger partial charge in [-0.3, -0.25) is 4.90 Å². The molecule has 100 valence electrons. The molecule has 1 aromatic carbocycles. The van der Waals surface area contributed by atoms with Crippen molar-refractivity contribution in [3.05, 3.63) is 34.3 Å². The minimum Gasteiger partial charge on any atom is -0.479 e. The van der Waals surface area contributed by atoms with E-state index in [0.717, 1.165) is 11.0 Å². The van der Waals surface area contributed by atoms with Crippen LogP contribution in [0.15, 0.2) is 28.7 Å². The Kier molecular flexibility index (Phi) is 6.32. The van der Waals surface area contributed by atoms with Crippen LogP contribution in [-0.2, 0) is 16.1 Å². The summed E-state index contributed by atoms with van der Waals surface area (Å²) in [5.41, 5.74) is 1.20. The monoisotopic (exact) mass is 315 g/mol. The van der Waals surface area contributed by atoms with Gasteiger partial charge in [-0.15, -0.1) is 0 Å². The molecular formula is C13H18BrNO3. The summed E-state index contributed by atoms with van der Waals surface area (Å²) in [6, 6.07) is 8.04. The molecule has 0 fully saturated rings. The number of nitrogens with zero attached hydrogens (tertiary/aromatic N) is 1. The molecule has 0 aliphatic heterocycles. The standard InChI is InChI=1S/C13H18BrNO3/c1-10(13(16)17)18-8-7-15(2)9-11-5-3-4-6-12(11)14/h3-6,10H,7-9H2,1-2H3,(H,16,17). The van der Waals surface area contributed by atoms with Crippen LogP contribution in [0.2, 0.25) is 0 Å². The van der Waals surface area contributed by atoms with Gasteiger partial charge in [-0.25, -0.2) is 4.79 Å². The number of ether oxygens (including phenoxy) is 1. The van der Waals surface area contributed by atoms with Gasteiger partial charge < -0.3 is 9.84 Å². The number of likely N-dealkylation sites (N-methyl/N-ethyl adjacent to an activating group) is 1. The van der Waals surface area contributed by atoms with E-state index in [2.05, 4.69) is 26.9 Å². The highest BCUT2D eigenvalue weighted by Crippen LogP contribution is 2.17. The van der Waals surface area contributed by atoms with E-state index in [1.54, 1.807) is 0 Å². The number of rotatable bonds is 7. The summed E-state index contributed by atoms with van der Waals surface area (Å²) in [7, 11) is 1.98. The Hall–Kier alpha value is -0.910. The maximum absolute atomic E-state index is 10.6. The maximum atomic E-state index is 10.6. The zero-order valence-electron chi connectivity index (χ0n) is 10.6. The molecule has 1 atom stereocenters. The first-order valence-corrected chi connectivity index (χ1v) is 6.56. The number of carbonyl (C=O) groups is 1. The molecule has 1 N–H and O–H groups in total. The minimum absolute atomic E-state index is 0.411. The second kappa shape index (κ2) is 7.51. The fourth-order valence-corrected chi connectivity index (χ4v) is 1.86. The van der Waals surface area contributed by atoms with E-state index in [-0.39, 0.29) is 0 Å². The second-order valence-corrected chi connectivity index (χ2v) is 5.03. The molecule has 0 bridgehead atoms. The Morgan fingerprint density at radius 3 is 2.78 bits per heavy atom. The lowest BCUT2D eigenvalue weighted by atomic mass is 10.2. The first-order chi connectivity index (χ1) is 8.50. The highest BCUT2D eigenvalue weighted by atomic mass is 79.9. The van der Waals surface area contributed by atoms with Crippen LogP contribution in [0.25, 0.3) is 0 Å². The summed E-state index contributed by atoms with van der Waals surface area (Å²) < 4.78 is 6.27. The molecule has 0 amide bonds. The van der Waals surface area contributed by atoms with Crippen molar-refractivity contribution in [1.82, 2.24) is 4.90 Å². The molecule has 0 radical (unpaired) electrons. The molecule has 0 saturated heterocycles. The van der Waals surface area contributed by atoms with E-state index in [4.69, 9.17) is 9.84 Å². The summed E-state index contributed by atoms with van der Waals surface area (Å²) in [6.45, 7) is 3.44. The number of aliphatic carboxylic acids is 1. The van der Waals surface area contributed by atoms with Crippen molar-refractivity contribution < 1.29 is 14.6 Å². The summed E-state index contributed by atoms with van der Waals surface area (Å²) >= 11 is 3.50. The third kappa shape index (κ3) is 5.16. The van der Waals surface area contributed by atoms with E-state index in [1.165, 1.54) is 12.5 Å². The number of hydrogen-bond acceptors (Lipinski definition) is 3. The van der Waals surface area contributed by atoms with E-state index >= 15 is 0 Å². The quantitative estimate of drug-likeness (QED) is 0.839. The highest BCUT2D eigenvalue weighted by molar-refractivity contribution is 9.10. The molecule has 0 aliphatic rings. The van der Waals surface area contributed by atoms with Crippen LogP contribution in [-0.4, -0.2) is 42.3 Å². The van der Waals surface area contributed by atoms with Crippen LogP contribution in [0.5, 0.6) is 0 Å². The summed E-state index contributed by atoms with van der Waals surface area (Å²) in [6.07, 6.45) is -0.748. The van der Waals surface area contributed by atoms with E-state index in [0.29, 0.717) is 13.2 Å². The van der Waals surface area contributed by atoms with Gasteiger partial charge in [0.25, 0.3) is 0 Å². The third-order valence-corrected chi connectivity index (χ3v) is 3.36. The average Bonchev–Trinajstić information content (AvgIpc) is 2.32. The molecule has 0 spiro atoms. The van der Waals surface area contributed by atoms with Crippen molar-refractivity contribution >= 4 is 21.9 Å². The van der Waals surface area contributed by atoms with E-state index in [1.807, 2.05) is 25.2 Å². The predicted molar refractivity (Wildman–Crippen MR) is 73.5 cm³/mol. The van der Waals surface area contributed by atoms with E-state index in [9.17, 15) is 4.79 Å². The average molecular weight is 316 g/mol. The maximum Gasteiger partial charge on any atom is 0.332 e. The largest absolute Gasteiger partial charge is 0.479 e. The van der Waals surface area contributed by atoms with Crippen molar-refractivity contribution in [2.75, 3.05) is 20.2 Å². The Bertz CT molecular complexity index is 398. The van der Waals surface area contributed by atoms with Gasteiger partial charge in [-0.2, -0.15) is 0 Å². The van der Waals surface area contributed by atoms with Gasteiger partial charge in [0.05, 0.1) is 6.61 Å². The molecule has 1 unspecified atom stereocenters. The molecule has 0 saturated carbocycles. The number of halogens is 1. The van der Waals surface area contributed by atoms with Crippen LogP contribution < -0.4 is 0 Å². The van der Waals surface area contributed by atoms with Crippen LogP contribution in [0.1, 0.15) is 12.5 Å². The van der Waals surface area contributed by atoms with E-state index < -0.39 is 12.1 Å². The summed E-state index contributed by atoms with van der Waals surface area (Å²) in [4.78, 5) is 12.7. The lowest BCUT2D eigenvalue weighted by molar-refractivity contribution is -0.149. The van der Waals surface area contributed by atoms with Crippen molar-refractivity contribution in [2.24, 2.45) is 0 Å². The number of benzene rings is 1. The molecule has 18 heavy (non-hydrogen) atoms. The minimum atomic E-state index is -0.927. The number of hydrogen-bond donors (Lipinski definition) is 1. The Morgan fingerprint density at radius 1 is 1.50 bits per heavy atom. The first kappa shape index (κ1) is 15.1. The van der Waals surface area contributed by atoms with Gasteiger partial charge in [0.1, 0.15) is 0 Å². The molecule has 0 aliphatic carbocycles. The highest BCUT2D eigenvalue weighted by Gasteiger charge is 2.11. The second-order valence-electron chi connectivity index (χ2n) is 4.18. The lowest BCUT2D eigenvalue weighted by Gasteiger charge is -2.18. The first-order valence-electron chi connectivity index (χ1n) is 5.77. The van der Waals surface area contributed by atoms with Crippen LogP contribution in [0, 0.1) is 0 Å². The van der Waals surface area contributed by atoms with Crippen molar-refractivity contribution in [3.63, 3.8) is 0 Å². The topological polar surface area (TPSA) is 49.8 Å². The van der Waals surface area contributed by atoms with Gasteiger partial charge in [-0.05, 0) is 25.6 Å². The fourth-order valence-electron chi connectivity index (χ4n) is 1.45. The Morgan fingerprint density at radius 2 is 2.17 bits per heavy atom. The molecule has 4 nitrogen and oxygen atoms in total. The predicted octanol–water partition coefficient (Wildman–Crippen LogP) is 2.37. The zero-order chi connectivity index (χ0) is 13.5. The van der Waals surface area contributed by atoms with Crippen LogP contribution >= 0.6 is 15.9 Å². The van der Waals surface area contributed by atoms with Gasteiger partial charge in [0, 0.05) is 17.6 Å². The Labute approximate surface area is 116 Å². The smallest absolute Gasteiger partial charge is 0.332 e. The van der Waals surface area contributed by atoms with Crippen molar-refractivity contribution in [1.29, 1.82) is 0 Å². The third-order valence-electron chi connectivity index (χ3n) is 2.59. The fraction of sp³-hybridized carbons (Fsp3) is 0.462. The zero-order valence-corrected chi connectivity index (χ0v) is 12.2. The molecule has 5 heteroatoms. The molecule has 1 aromatic rings. The number of carboxylic acids is 1. The summed E-state index contributed by atoms with van der Waals surface area (Å²) in [5, 5.41) is 8.67.